The van der Waals surface area contributed by atoms with Gasteiger partial charge in [-0.25, -0.2) is 8.42 Å². The lowest BCUT2D eigenvalue weighted by atomic mass is 10.3. The van der Waals surface area contributed by atoms with Gasteiger partial charge in [0.05, 0.1) is 11.0 Å². The number of nitriles is 1. The molecule has 0 aliphatic rings. The number of nitrogens with one attached hydrogen (secondary N) is 1. The van der Waals surface area contributed by atoms with Crippen LogP contribution >= 0.6 is 0 Å². The van der Waals surface area contributed by atoms with Crippen molar-refractivity contribution in [3.8, 4) is 6.07 Å². The summed E-state index contributed by atoms with van der Waals surface area (Å²) in [7, 11) is -3.53. The lowest BCUT2D eigenvalue weighted by Gasteiger charge is -2.19. The highest BCUT2D eigenvalue weighted by Gasteiger charge is 2.22. The zero-order valence-corrected chi connectivity index (χ0v) is 10.9. The minimum absolute atomic E-state index is 0.176. The average Bonchev–Trinajstić information content (AvgIpc) is 2.39. The van der Waals surface area contributed by atoms with Crippen molar-refractivity contribution in [2.75, 3.05) is 18.5 Å². The van der Waals surface area contributed by atoms with Crippen LogP contribution in [0.4, 0.5) is 5.69 Å². The van der Waals surface area contributed by atoms with Gasteiger partial charge in [-0.2, -0.15) is 9.57 Å². The van der Waals surface area contributed by atoms with E-state index >= 15 is 0 Å². The molecular formula is C11H16N4O2S. The van der Waals surface area contributed by atoms with Gasteiger partial charge in [-0.15, -0.1) is 0 Å². The van der Waals surface area contributed by atoms with Crippen LogP contribution in [0.1, 0.15) is 13.3 Å². The number of sulfonamides is 1. The lowest BCUT2D eigenvalue weighted by molar-refractivity contribution is 0.435. The standard InChI is InChI=1S/C11H16N4O2S/c1-2-15(9-3-8-12)18(16,17)11-6-4-10(14-13)5-7-11/h4-7,14H,2-3,9,13H2,1H3. The number of hydrogen-bond acceptors (Lipinski definition) is 5. The Morgan fingerprint density at radius 1 is 1.39 bits per heavy atom. The summed E-state index contributed by atoms with van der Waals surface area (Å²) in [5.74, 6) is 5.21. The van der Waals surface area contributed by atoms with Gasteiger partial charge >= 0.3 is 0 Å². The summed E-state index contributed by atoms with van der Waals surface area (Å²) in [4.78, 5) is 0.196. The fraction of sp³-hybridized carbons (Fsp3) is 0.364. The Labute approximate surface area is 107 Å². The molecule has 0 fully saturated rings. The SMILES string of the molecule is CCN(CCC#N)S(=O)(=O)c1ccc(NN)cc1. The molecule has 0 radical (unpaired) electrons. The molecule has 0 heterocycles. The van der Waals surface area contributed by atoms with Gasteiger partial charge in [0.25, 0.3) is 0 Å². The van der Waals surface area contributed by atoms with Crippen LogP contribution in [0.25, 0.3) is 0 Å². The minimum Gasteiger partial charge on any atom is -0.324 e. The summed E-state index contributed by atoms with van der Waals surface area (Å²) in [6.07, 6.45) is 0.176. The smallest absolute Gasteiger partial charge is 0.243 e. The van der Waals surface area contributed by atoms with Crippen LogP contribution in [0.3, 0.4) is 0 Å². The summed E-state index contributed by atoms with van der Waals surface area (Å²) in [5.41, 5.74) is 3.06. The van der Waals surface area contributed by atoms with E-state index in [1.165, 1.54) is 16.4 Å². The fourth-order valence-corrected chi connectivity index (χ4v) is 2.94. The maximum Gasteiger partial charge on any atom is 0.243 e. The van der Waals surface area contributed by atoms with Crippen molar-refractivity contribution in [3.63, 3.8) is 0 Å². The van der Waals surface area contributed by atoms with Crippen LogP contribution in [0.5, 0.6) is 0 Å². The first-order chi connectivity index (χ1) is 8.56. The number of rotatable bonds is 6. The van der Waals surface area contributed by atoms with Gasteiger partial charge in [0.2, 0.25) is 10.0 Å². The molecule has 1 aromatic rings. The molecule has 3 N–H and O–H groups in total. The van der Waals surface area contributed by atoms with E-state index < -0.39 is 10.0 Å². The molecule has 1 aromatic carbocycles. The molecule has 0 spiro atoms. The fourth-order valence-electron chi connectivity index (χ4n) is 1.50. The molecule has 0 bridgehead atoms. The molecule has 18 heavy (non-hydrogen) atoms. The Morgan fingerprint density at radius 3 is 2.44 bits per heavy atom. The van der Waals surface area contributed by atoms with Crippen LogP contribution in [0.2, 0.25) is 0 Å². The van der Waals surface area contributed by atoms with Crippen molar-refractivity contribution in [3.05, 3.63) is 24.3 Å². The van der Waals surface area contributed by atoms with Gasteiger partial charge in [-0.1, -0.05) is 6.92 Å². The van der Waals surface area contributed by atoms with Crippen molar-refractivity contribution in [1.82, 2.24) is 4.31 Å². The molecule has 0 unspecified atom stereocenters. The van der Waals surface area contributed by atoms with Crippen molar-refractivity contribution in [1.29, 1.82) is 5.26 Å². The largest absolute Gasteiger partial charge is 0.324 e. The summed E-state index contributed by atoms with van der Waals surface area (Å²) >= 11 is 0. The zero-order valence-electron chi connectivity index (χ0n) is 10.1. The topological polar surface area (TPSA) is 99.2 Å². The normalized spacial score (nSPS) is 11.2. The van der Waals surface area contributed by atoms with E-state index in [9.17, 15) is 8.42 Å². The van der Waals surface area contributed by atoms with Gasteiger partial charge < -0.3 is 5.43 Å². The number of anilines is 1. The van der Waals surface area contributed by atoms with Gasteiger partial charge in [-0.05, 0) is 24.3 Å². The average molecular weight is 268 g/mol. The van der Waals surface area contributed by atoms with Crippen molar-refractivity contribution in [2.45, 2.75) is 18.2 Å². The van der Waals surface area contributed by atoms with E-state index in [1.54, 1.807) is 19.1 Å². The second kappa shape index (κ2) is 6.35. The quantitative estimate of drug-likeness (QED) is 0.590. The van der Waals surface area contributed by atoms with E-state index in [4.69, 9.17) is 11.1 Å². The van der Waals surface area contributed by atoms with Gasteiger partial charge in [0.1, 0.15) is 0 Å². The van der Waals surface area contributed by atoms with Gasteiger partial charge in [0.15, 0.2) is 0 Å². The van der Waals surface area contributed by atoms with Gasteiger partial charge in [-0.3, -0.25) is 5.84 Å². The molecule has 0 aliphatic heterocycles. The Bertz CT molecular complexity index is 519. The lowest BCUT2D eigenvalue weighted by Crippen LogP contribution is -2.31. The van der Waals surface area contributed by atoms with E-state index in [0.717, 1.165) is 0 Å². The Kier molecular flexibility index (Phi) is 5.09. The summed E-state index contributed by atoms with van der Waals surface area (Å²) < 4.78 is 25.7. The summed E-state index contributed by atoms with van der Waals surface area (Å²) in [6, 6.07) is 8.09. The highest BCUT2D eigenvalue weighted by atomic mass is 32.2. The van der Waals surface area contributed by atoms with Crippen LogP contribution in [-0.4, -0.2) is 25.8 Å². The molecule has 0 aliphatic carbocycles. The third kappa shape index (κ3) is 3.20. The first-order valence-corrected chi connectivity index (χ1v) is 6.94. The molecule has 0 saturated heterocycles. The first kappa shape index (κ1) is 14.4. The van der Waals surface area contributed by atoms with E-state index in [0.29, 0.717) is 12.2 Å². The number of nitrogen functional groups attached to an aromatic ring is 1. The predicted molar refractivity (Wildman–Crippen MR) is 68.9 cm³/mol. The highest BCUT2D eigenvalue weighted by molar-refractivity contribution is 7.89. The van der Waals surface area contributed by atoms with Crippen molar-refractivity contribution >= 4 is 15.7 Å². The monoisotopic (exact) mass is 268 g/mol. The predicted octanol–water partition coefficient (Wildman–Crippen LogP) is 0.896. The Hall–Kier alpha value is -1.62. The van der Waals surface area contributed by atoms with Crippen molar-refractivity contribution < 1.29 is 8.42 Å². The second-order valence-electron chi connectivity index (χ2n) is 3.57. The minimum atomic E-state index is -3.53. The van der Waals surface area contributed by atoms with E-state index in [-0.39, 0.29) is 17.9 Å². The number of nitrogens with two attached hydrogens (primary N) is 1. The van der Waals surface area contributed by atoms with Crippen LogP contribution in [0.15, 0.2) is 29.2 Å². The highest BCUT2D eigenvalue weighted by Crippen LogP contribution is 2.18. The number of hydrazine groups is 1. The summed E-state index contributed by atoms with van der Waals surface area (Å²) in [5, 5.41) is 8.52. The molecule has 0 atom stereocenters. The Balaban J connectivity index is 2.99. The number of hydrogen-bond donors (Lipinski definition) is 2. The van der Waals surface area contributed by atoms with Gasteiger partial charge in [0, 0.05) is 25.2 Å². The van der Waals surface area contributed by atoms with Crippen LogP contribution in [-0.2, 0) is 10.0 Å². The van der Waals surface area contributed by atoms with E-state index in [1.807, 2.05) is 6.07 Å². The van der Waals surface area contributed by atoms with E-state index in [2.05, 4.69) is 5.43 Å². The molecule has 98 valence electrons. The summed E-state index contributed by atoms with van der Waals surface area (Å²) in [6.45, 7) is 2.28. The molecule has 0 saturated carbocycles. The third-order valence-corrected chi connectivity index (χ3v) is 4.47. The van der Waals surface area contributed by atoms with Crippen LogP contribution < -0.4 is 11.3 Å². The molecule has 0 amide bonds. The Morgan fingerprint density at radius 2 is 2.00 bits per heavy atom. The maximum absolute atomic E-state index is 12.2. The van der Waals surface area contributed by atoms with Crippen molar-refractivity contribution in [2.24, 2.45) is 5.84 Å². The zero-order chi connectivity index (χ0) is 13.6. The second-order valence-corrected chi connectivity index (χ2v) is 5.51. The number of nitrogens with zero attached hydrogens (tertiary/aromatic N) is 2. The number of benzene rings is 1. The van der Waals surface area contributed by atoms with Crippen LogP contribution in [0, 0.1) is 11.3 Å². The molecular weight excluding hydrogens is 252 g/mol. The molecule has 1 rings (SSSR count). The molecule has 6 nitrogen and oxygen atoms in total. The molecule has 7 heteroatoms. The molecule has 0 aromatic heterocycles. The first-order valence-electron chi connectivity index (χ1n) is 5.50. The maximum atomic E-state index is 12.2. The third-order valence-electron chi connectivity index (χ3n) is 2.48.